The van der Waals surface area contributed by atoms with Crippen molar-refractivity contribution in [2.45, 2.75) is 70.9 Å². The van der Waals surface area contributed by atoms with Gasteiger partial charge in [-0.3, -0.25) is 4.79 Å². The lowest BCUT2D eigenvalue weighted by atomic mass is 9.96. The zero-order chi connectivity index (χ0) is 29.1. The van der Waals surface area contributed by atoms with E-state index in [-0.39, 0.29) is 36.4 Å². The third kappa shape index (κ3) is 7.61. The fraction of sp³-hybridized carbons (Fsp3) is 0.536. The largest absolute Gasteiger partial charge is 0.349 e. The van der Waals surface area contributed by atoms with Crippen molar-refractivity contribution >= 4 is 28.0 Å². The molecule has 0 bridgehead atoms. The van der Waals surface area contributed by atoms with Crippen LogP contribution in [-0.4, -0.2) is 74.6 Å². The topological polar surface area (TPSA) is 102 Å². The van der Waals surface area contributed by atoms with Crippen molar-refractivity contribution in [1.29, 1.82) is 0 Å². The second-order valence-electron chi connectivity index (χ2n) is 10.5. The van der Waals surface area contributed by atoms with E-state index in [9.17, 15) is 17.6 Å². The summed E-state index contributed by atoms with van der Waals surface area (Å²) in [5, 5.41) is 0. The summed E-state index contributed by atoms with van der Waals surface area (Å²) < 4.78 is 51.8. The predicted octanol–water partition coefficient (Wildman–Crippen LogP) is 4.59. The fourth-order valence-corrected chi connectivity index (χ4v) is 4.62. The first-order valence-electron chi connectivity index (χ1n) is 13.0. The zero-order valence-electron chi connectivity index (χ0n) is 23.9. The van der Waals surface area contributed by atoms with E-state index in [0.717, 1.165) is 10.6 Å². The van der Waals surface area contributed by atoms with E-state index in [4.69, 9.17) is 9.47 Å². The maximum atomic E-state index is 13.8. The number of hydrogen-bond donors (Lipinski definition) is 0. The Kier molecular flexibility index (Phi) is 9.51. The van der Waals surface area contributed by atoms with Crippen molar-refractivity contribution in [1.82, 2.24) is 14.9 Å². The van der Waals surface area contributed by atoms with Gasteiger partial charge in [-0.05, 0) is 43.5 Å². The van der Waals surface area contributed by atoms with Gasteiger partial charge >= 0.3 is 0 Å². The Labute approximate surface area is 231 Å². The second-order valence-corrected chi connectivity index (χ2v) is 12.5. The number of halogens is 1. The Morgan fingerprint density at radius 2 is 1.82 bits per heavy atom. The molecule has 2 aromatic rings. The van der Waals surface area contributed by atoms with Crippen LogP contribution in [0.25, 0.3) is 17.3 Å². The monoisotopic (exact) mass is 562 g/mol. The number of anilines is 1. The van der Waals surface area contributed by atoms with Gasteiger partial charge in [-0.15, -0.1) is 0 Å². The molecule has 3 atom stereocenters. The summed E-state index contributed by atoms with van der Waals surface area (Å²) in [6, 6.07) is 5.87. The first kappa shape index (κ1) is 30.6. The number of aromatic nitrogens is 2. The minimum absolute atomic E-state index is 0.0252. The smallest absolute Gasteiger partial charge is 0.239 e. The number of sulfonamides is 1. The standard InChI is InChI=1S/C28H39FN4O5S/c1-9-28(4)37-21(16-22(38-28)17-24(34)32(5)6)14-15-23-25(18(2)3)30-27(33(7)39(8,35)36)31-26(23)19-10-12-20(29)13-11-19/h10-15,18,21-22H,9,16-17H2,1-8H3. The van der Waals surface area contributed by atoms with Crippen LogP contribution in [0.4, 0.5) is 10.3 Å². The van der Waals surface area contributed by atoms with Crippen LogP contribution in [-0.2, 0) is 24.3 Å². The lowest BCUT2D eigenvalue weighted by Crippen LogP contribution is -2.47. The molecule has 1 aliphatic rings. The van der Waals surface area contributed by atoms with Gasteiger partial charge in [0, 0.05) is 38.7 Å². The van der Waals surface area contributed by atoms with Crippen LogP contribution in [0.3, 0.4) is 0 Å². The summed E-state index contributed by atoms with van der Waals surface area (Å²) in [5.41, 5.74) is 2.40. The van der Waals surface area contributed by atoms with Crippen LogP contribution in [0.2, 0.25) is 0 Å². The maximum Gasteiger partial charge on any atom is 0.239 e. The van der Waals surface area contributed by atoms with Gasteiger partial charge in [0.05, 0.1) is 36.3 Å². The average molecular weight is 563 g/mol. The minimum Gasteiger partial charge on any atom is -0.349 e. The summed E-state index contributed by atoms with van der Waals surface area (Å²) in [7, 11) is 1.21. The molecule has 9 nitrogen and oxygen atoms in total. The molecule has 3 rings (SSSR count). The molecule has 1 saturated heterocycles. The maximum absolute atomic E-state index is 13.8. The molecule has 11 heteroatoms. The number of benzene rings is 1. The van der Waals surface area contributed by atoms with Crippen LogP contribution < -0.4 is 4.31 Å². The molecule has 0 aliphatic carbocycles. The van der Waals surface area contributed by atoms with Crippen LogP contribution >= 0.6 is 0 Å². The van der Waals surface area contributed by atoms with Crippen molar-refractivity contribution in [3.63, 3.8) is 0 Å². The van der Waals surface area contributed by atoms with Crippen molar-refractivity contribution in [3.8, 4) is 11.3 Å². The number of rotatable bonds is 9. The summed E-state index contributed by atoms with van der Waals surface area (Å²) >= 11 is 0. The number of carbonyl (C=O) groups is 1. The summed E-state index contributed by atoms with van der Waals surface area (Å²) in [5.74, 6) is -1.33. The van der Waals surface area contributed by atoms with E-state index in [1.54, 1.807) is 31.1 Å². The van der Waals surface area contributed by atoms with Gasteiger partial charge in [-0.1, -0.05) is 32.9 Å². The molecule has 39 heavy (non-hydrogen) atoms. The Bertz CT molecular complexity index is 1310. The van der Waals surface area contributed by atoms with Crippen molar-refractivity contribution in [3.05, 3.63) is 47.4 Å². The van der Waals surface area contributed by atoms with Crippen molar-refractivity contribution < 1.29 is 27.1 Å². The second kappa shape index (κ2) is 12.1. The van der Waals surface area contributed by atoms with Crippen LogP contribution in [0.5, 0.6) is 0 Å². The van der Waals surface area contributed by atoms with E-state index in [1.807, 2.05) is 39.8 Å². The zero-order valence-corrected chi connectivity index (χ0v) is 24.8. The van der Waals surface area contributed by atoms with Gasteiger partial charge in [-0.2, -0.15) is 0 Å². The highest BCUT2D eigenvalue weighted by Crippen LogP contribution is 2.35. The molecule has 2 heterocycles. The third-order valence-corrected chi connectivity index (χ3v) is 7.90. The van der Waals surface area contributed by atoms with Crippen LogP contribution in [0.15, 0.2) is 30.3 Å². The summed E-state index contributed by atoms with van der Waals surface area (Å²) in [6.07, 6.45) is 5.49. The van der Waals surface area contributed by atoms with Gasteiger partial charge < -0.3 is 14.4 Å². The number of carbonyl (C=O) groups excluding carboxylic acids is 1. The molecule has 0 radical (unpaired) electrons. The highest BCUT2D eigenvalue weighted by Gasteiger charge is 2.38. The van der Waals surface area contributed by atoms with E-state index < -0.39 is 21.6 Å². The molecular formula is C28H39FN4O5S. The number of amides is 1. The normalized spacial score (nSPS) is 21.9. The third-order valence-electron chi connectivity index (χ3n) is 6.74. The Balaban J connectivity index is 2.10. The molecule has 1 fully saturated rings. The molecule has 1 aromatic heterocycles. The highest BCUT2D eigenvalue weighted by molar-refractivity contribution is 7.92. The first-order valence-corrected chi connectivity index (χ1v) is 14.8. The highest BCUT2D eigenvalue weighted by atomic mass is 32.2. The first-order chi connectivity index (χ1) is 18.1. The molecule has 3 unspecified atom stereocenters. The fourth-order valence-electron chi connectivity index (χ4n) is 4.24. The van der Waals surface area contributed by atoms with Crippen LogP contribution in [0.1, 0.15) is 64.1 Å². The number of ether oxygens (including phenoxy) is 2. The quantitative estimate of drug-likeness (QED) is 0.440. The number of hydrogen-bond acceptors (Lipinski definition) is 7. The lowest BCUT2D eigenvalue weighted by Gasteiger charge is -2.41. The lowest BCUT2D eigenvalue weighted by molar-refractivity contribution is -0.300. The molecule has 1 amide bonds. The SMILES string of the molecule is CCC1(C)OC(C=Cc2c(-c3ccc(F)cc3)nc(N(C)S(C)(=O)=O)nc2C(C)C)CC(CC(=O)N(C)C)O1. The molecule has 214 valence electrons. The van der Waals surface area contributed by atoms with E-state index in [0.29, 0.717) is 35.4 Å². The summed E-state index contributed by atoms with van der Waals surface area (Å²) in [4.78, 5) is 23.2. The van der Waals surface area contributed by atoms with E-state index >= 15 is 0 Å². The van der Waals surface area contributed by atoms with Crippen molar-refractivity contribution in [2.75, 3.05) is 31.7 Å². The van der Waals surface area contributed by atoms with Crippen molar-refractivity contribution in [2.24, 2.45) is 0 Å². The molecule has 1 aliphatic heterocycles. The Morgan fingerprint density at radius 3 is 2.36 bits per heavy atom. The van der Waals surface area contributed by atoms with Gasteiger partial charge in [0.1, 0.15) is 5.82 Å². The summed E-state index contributed by atoms with van der Waals surface area (Å²) in [6.45, 7) is 7.74. The van der Waals surface area contributed by atoms with E-state index in [2.05, 4.69) is 9.97 Å². The number of nitrogens with zero attached hydrogens (tertiary/aromatic N) is 4. The molecule has 0 spiro atoms. The Hall–Kier alpha value is -2.89. The van der Waals surface area contributed by atoms with Crippen LogP contribution in [0, 0.1) is 5.82 Å². The molecular weight excluding hydrogens is 523 g/mol. The van der Waals surface area contributed by atoms with Gasteiger partial charge in [0.25, 0.3) is 0 Å². The average Bonchev–Trinajstić information content (AvgIpc) is 2.86. The van der Waals surface area contributed by atoms with Gasteiger partial charge in [0.15, 0.2) is 5.79 Å². The predicted molar refractivity (Wildman–Crippen MR) is 150 cm³/mol. The minimum atomic E-state index is -3.62. The molecule has 0 saturated carbocycles. The molecule has 0 N–H and O–H groups in total. The van der Waals surface area contributed by atoms with Gasteiger partial charge in [-0.25, -0.2) is 27.1 Å². The van der Waals surface area contributed by atoms with E-state index in [1.165, 1.54) is 19.2 Å². The molecule has 1 aromatic carbocycles. The Morgan fingerprint density at radius 1 is 1.18 bits per heavy atom. The van der Waals surface area contributed by atoms with Gasteiger partial charge in [0.2, 0.25) is 21.9 Å².